The molecule has 0 fully saturated rings. The maximum atomic E-state index is 12.6. The van der Waals surface area contributed by atoms with E-state index in [1.165, 1.54) is 35.7 Å². The van der Waals surface area contributed by atoms with Crippen LogP contribution in [0.25, 0.3) is 10.6 Å². The number of imidazole rings is 1. The maximum Gasteiger partial charge on any atom is 0.406 e. The third-order valence-electron chi connectivity index (χ3n) is 3.55. The Bertz CT molecular complexity index is 913. The fourth-order valence-corrected chi connectivity index (χ4v) is 3.11. The number of amides is 1. The monoisotopic (exact) mass is 384 g/mol. The Morgan fingerprint density at radius 1 is 1.38 bits per heavy atom. The second-order valence-corrected chi connectivity index (χ2v) is 6.55. The lowest BCUT2D eigenvalue weighted by Gasteiger charge is -2.17. The van der Waals surface area contributed by atoms with Gasteiger partial charge in [-0.1, -0.05) is 0 Å². The van der Waals surface area contributed by atoms with Crippen molar-refractivity contribution in [3.05, 3.63) is 41.7 Å². The van der Waals surface area contributed by atoms with Gasteiger partial charge in [-0.05, 0) is 0 Å². The first kappa shape index (κ1) is 18.1. The number of rotatable bonds is 5. The van der Waals surface area contributed by atoms with Crippen molar-refractivity contribution in [3.8, 4) is 10.6 Å². The zero-order valence-electron chi connectivity index (χ0n) is 13.9. The van der Waals surface area contributed by atoms with Crippen molar-refractivity contribution < 1.29 is 18.0 Å². The average Bonchev–Trinajstić information content (AvgIpc) is 3.26. The number of halogens is 3. The molecule has 11 heteroatoms. The summed E-state index contributed by atoms with van der Waals surface area (Å²) < 4.78 is 40.4. The first-order chi connectivity index (χ1) is 12.2. The van der Waals surface area contributed by atoms with Crippen molar-refractivity contribution in [3.63, 3.8) is 0 Å². The molecule has 3 heterocycles. The van der Waals surface area contributed by atoms with Crippen LogP contribution >= 0.6 is 11.3 Å². The van der Waals surface area contributed by atoms with E-state index in [1.54, 1.807) is 29.5 Å². The van der Waals surface area contributed by atoms with Crippen LogP contribution in [0.1, 0.15) is 16.3 Å². The number of thiazole rings is 1. The molecule has 0 bridgehead atoms. The third-order valence-corrected chi connectivity index (χ3v) is 4.44. The molecule has 0 saturated carbocycles. The van der Waals surface area contributed by atoms with E-state index in [4.69, 9.17) is 0 Å². The van der Waals surface area contributed by atoms with Crippen molar-refractivity contribution >= 4 is 17.2 Å². The van der Waals surface area contributed by atoms with Gasteiger partial charge in [-0.15, -0.1) is 11.3 Å². The molecule has 0 aliphatic rings. The van der Waals surface area contributed by atoms with Crippen molar-refractivity contribution in [2.24, 2.45) is 7.05 Å². The Morgan fingerprint density at radius 3 is 2.81 bits per heavy atom. The lowest BCUT2D eigenvalue weighted by molar-refractivity contribution is -0.141. The van der Waals surface area contributed by atoms with Gasteiger partial charge in [0.1, 0.15) is 23.1 Å². The molecule has 3 aromatic heterocycles. The summed E-state index contributed by atoms with van der Waals surface area (Å²) in [5, 5.41) is 6.32. The highest BCUT2D eigenvalue weighted by Crippen LogP contribution is 2.24. The van der Waals surface area contributed by atoms with Gasteiger partial charge < -0.3 is 9.47 Å². The molecule has 0 spiro atoms. The molecule has 138 valence electrons. The van der Waals surface area contributed by atoms with E-state index in [0.717, 1.165) is 10.1 Å². The fraction of sp³-hybridized carbons (Fsp3) is 0.333. The van der Waals surface area contributed by atoms with E-state index in [1.807, 2.05) is 0 Å². The Morgan fingerprint density at radius 2 is 2.15 bits per heavy atom. The maximum absolute atomic E-state index is 12.6. The van der Waals surface area contributed by atoms with E-state index >= 15 is 0 Å². The van der Waals surface area contributed by atoms with Crippen LogP contribution in [0.15, 0.2) is 30.2 Å². The molecule has 0 radical (unpaired) electrons. The van der Waals surface area contributed by atoms with Gasteiger partial charge in [0, 0.05) is 43.6 Å². The average molecular weight is 384 g/mol. The molecule has 1 amide bonds. The number of nitrogens with zero attached hydrogens (tertiary/aromatic N) is 6. The van der Waals surface area contributed by atoms with Crippen LogP contribution in [0.2, 0.25) is 0 Å². The molecule has 0 atom stereocenters. The highest BCUT2D eigenvalue weighted by Gasteiger charge is 2.29. The largest absolute Gasteiger partial charge is 0.406 e. The zero-order chi connectivity index (χ0) is 18.9. The van der Waals surface area contributed by atoms with Crippen molar-refractivity contribution in [2.75, 3.05) is 7.05 Å². The SMILES string of the molecule is CN(Cc1nccn1CC(F)(F)F)C(=O)c1csc(-c2cnn(C)c2)n1. The molecule has 3 rings (SSSR count). The predicted molar refractivity (Wildman–Crippen MR) is 88.4 cm³/mol. The van der Waals surface area contributed by atoms with Gasteiger partial charge in [0.25, 0.3) is 5.91 Å². The summed E-state index contributed by atoms with van der Waals surface area (Å²) in [5.74, 6) is -0.237. The molecule has 3 aromatic rings. The first-order valence-corrected chi connectivity index (χ1v) is 8.37. The number of carbonyl (C=O) groups is 1. The Kier molecular flexibility index (Phi) is 4.81. The Balaban J connectivity index is 1.71. The minimum Gasteiger partial charge on any atom is -0.333 e. The second-order valence-electron chi connectivity index (χ2n) is 5.69. The van der Waals surface area contributed by atoms with E-state index in [2.05, 4.69) is 15.1 Å². The summed E-state index contributed by atoms with van der Waals surface area (Å²) in [5.41, 5.74) is 1.02. The number of hydrogen-bond acceptors (Lipinski definition) is 5. The predicted octanol–water partition coefficient (Wildman–Crippen LogP) is 2.57. The van der Waals surface area contributed by atoms with Gasteiger partial charge in [-0.25, -0.2) is 9.97 Å². The summed E-state index contributed by atoms with van der Waals surface area (Å²) in [4.78, 5) is 22.0. The normalized spacial score (nSPS) is 11.7. The summed E-state index contributed by atoms with van der Waals surface area (Å²) in [6.45, 7) is -1.20. The molecule has 0 aromatic carbocycles. The van der Waals surface area contributed by atoms with Crippen LogP contribution < -0.4 is 0 Å². The van der Waals surface area contributed by atoms with Gasteiger partial charge in [0.05, 0.1) is 12.7 Å². The Labute approximate surface area is 150 Å². The van der Waals surface area contributed by atoms with Crippen molar-refractivity contribution in [1.29, 1.82) is 0 Å². The van der Waals surface area contributed by atoms with Gasteiger partial charge in [-0.2, -0.15) is 18.3 Å². The number of hydrogen-bond donors (Lipinski definition) is 0. The van der Waals surface area contributed by atoms with Gasteiger partial charge in [0.15, 0.2) is 0 Å². The van der Waals surface area contributed by atoms with Gasteiger partial charge >= 0.3 is 6.18 Å². The van der Waals surface area contributed by atoms with Crippen LogP contribution in [0.5, 0.6) is 0 Å². The van der Waals surface area contributed by atoms with Crippen LogP contribution in [0.3, 0.4) is 0 Å². The molecule has 0 aliphatic carbocycles. The number of aryl methyl sites for hydroxylation is 1. The minimum absolute atomic E-state index is 0.0539. The zero-order valence-corrected chi connectivity index (χ0v) is 14.8. The van der Waals surface area contributed by atoms with Gasteiger partial charge in [0.2, 0.25) is 0 Å². The molecule has 0 aliphatic heterocycles. The van der Waals surface area contributed by atoms with Crippen LogP contribution in [0.4, 0.5) is 13.2 Å². The topological polar surface area (TPSA) is 68.8 Å². The van der Waals surface area contributed by atoms with Crippen LogP contribution in [-0.4, -0.2) is 48.3 Å². The quantitative estimate of drug-likeness (QED) is 0.678. The molecule has 7 nitrogen and oxygen atoms in total. The molecule has 0 unspecified atom stereocenters. The smallest absolute Gasteiger partial charge is 0.333 e. The summed E-state index contributed by atoms with van der Waals surface area (Å²) >= 11 is 1.30. The second kappa shape index (κ2) is 6.90. The number of alkyl halides is 3. The molecule has 0 N–H and O–H groups in total. The summed E-state index contributed by atoms with van der Waals surface area (Å²) in [6, 6.07) is 0. The lowest BCUT2D eigenvalue weighted by atomic mass is 10.3. The van der Waals surface area contributed by atoms with E-state index in [0.29, 0.717) is 5.01 Å². The van der Waals surface area contributed by atoms with Crippen molar-refractivity contribution in [1.82, 2.24) is 29.2 Å². The number of aromatic nitrogens is 5. The first-order valence-electron chi connectivity index (χ1n) is 7.50. The molecular weight excluding hydrogens is 369 g/mol. The summed E-state index contributed by atoms with van der Waals surface area (Å²) in [6.07, 6.45) is 1.59. The third kappa shape index (κ3) is 4.10. The fourth-order valence-electron chi connectivity index (χ4n) is 2.34. The van der Waals surface area contributed by atoms with E-state index in [-0.39, 0.29) is 18.1 Å². The standard InChI is InChI=1S/C15H15F3N6OS/c1-22(7-12-19-3-4-24(12)9-15(16,17)18)14(25)11-8-26-13(21-11)10-5-20-23(2)6-10/h3-6,8H,7,9H2,1-2H3. The Hall–Kier alpha value is -2.69. The lowest BCUT2D eigenvalue weighted by Crippen LogP contribution is -2.29. The van der Waals surface area contributed by atoms with Crippen LogP contribution in [-0.2, 0) is 20.1 Å². The van der Waals surface area contributed by atoms with E-state index < -0.39 is 18.6 Å². The highest BCUT2D eigenvalue weighted by molar-refractivity contribution is 7.13. The molecule has 0 saturated heterocycles. The minimum atomic E-state index is -4.36. The molecule has 26 heavy (non-hydrogen) atoms. The molecular formula is C15H15F3N6OS. The summed E-state index contributed by atoms with van der Waals surface area (Å²) in [7, 11) is 3.28. The highest BCUT2D eigenvalue weighted by atomic mass is 32.1. The van der Waals surface area contributed by atoms with E-state index in [9.17, 15) is 18.0 Å². The van der Waals surface area contributed by atoms with Crippen LogP contribution in [0, 0.1) is 0 Å². The number of carbonyl (C=O) groups excluding carboxylic acids is 1. The van der Waals surface area contributed by atoms with Gasteiger partial charge in [-0.3, -0.25) is 9.48 Å². The van der Waals surface area contributed by atoms with Crippen molar-refractivity contribution in [2.45, 2.75) is 19.3 Å².